The highest BCUT2D eigenvalue weighted by molar-refractivity contribution is 9.10. The van der Waals surface area contributed by atoms with E-state index in [1.54, 1.807) is 30.5 Å². The molecule has 2 aromatic carbocycles. The number of halogens is 2. The molecule has 0 fully saturated rings. The number of hydrogen-bond acceptors (Lipinski definition) is 5. The molecule has 0 spiro atoms. The first-order valence-electron chi connectivity index (χ1n) is 9.23. The van der Waals surface area contributed by atoms with E-state index in [0.29, 0.717) is 45.4 Å². The van der Waals surface area contributed by atoms with Gasteiger partial charge in [-0.2, -0.15) is 9.78 Å². The van der Waals surface area contributed by atoms with Crippen LogP contribution in [0, 0.1) is 0 Å². The second kappa shape index (κ2) is 9.45. The van der Waals surface area contributed by atoms with Crippen LogP contribution in [0.4, 0.5) is 0 Å². The van der Waals surface area contributed by atoms with Gasteiger partial charge >= 0.3 is 0 Å². The molecule has 30 heavy (non-hydrogen) atoms. The number of fused-ring (bicyclic) bond motifs is 1. The molecular formula is C22H21BrClN3O3. The Kier molecular flexibility index (Phi) is 6.95. The predicted molar refractivity (Wildman–Crippen MR) is 124 cm³/mol. The third kappa shape index (κ3) is 4.57. The number of ether oxygens (including phenoxy) is 2. The molecule has 156 valence electrons. The Bertz CT molecular complexity index is 1190. The molecule has 1 aromatic heterocycles. The summed E-state index contributed by atoms with van der Waals surface area (Å²) in [6.07, 6.45) is 3.17. The van der Waals surface area contributed by atoms with Gasteiger partial charge in [-0.25, -0.2) is 4.98 Å². The normalized spacial score (nSPS) is 11.4. The summed E-state index contributed by atoms with van der Waals surface area (Å²) in [5.74, 6) is 1.45. The average molecular weight is 491 g/mol. The number of benzene rings is 2. The van der Waals surface area contributed by atoms with E-state index in [4.69, 9.17) is 21.1 Å². The van der Waals surface area contributed by atoms with Crippen LogP contribution >= 0.6 is 27.5 Å². The molecule has 0 radical (unpaired) electrons. The van der Waals surface area contributed by atoms with Crippen molar-refractivity contribution in [2.75, 3.05) is 13.7 Å². The fourth-order valence-electron chi connectivity index (χ4n) is 2.87. The smallest absolute Gasteiger partial charge is 0.282 e. The Morgan fingerprint density at radius 2 is 2.10 bits per heavy atom. The number of hydrogen-bond donors (Lipinski definition) is 0. The van der Waals surface area contributed by atoms with Crippen molar-refractivity contribution >= 4 is 44.6 Å². The van der Waals surface area contributed by atoms with Gasteiger partial charge in [0.05, 0.1) is 29.2 Å². The molecule has 0 bridgehead atoms. The minimum Gasteiger partial charge on any atom is -0.493 e. The zero-order chi connectivity index (χ0) is 21.8. The van der Waals surface area contributed by atoms with Gasteiger partial charge in [0.25, 0.3) is 5.56 Å². The van der Waals surface area contributed by atoms with Crippen LogP contribution < -0.4 is 15.0 Å². The summed E-state index contributed by atoms with van der Waals surface area (Å²) in [4.78, 5) is 17.7. The second-order valence-corrected chi connectivity index (χ2v) is 8.10. The van der Waals surface area contributed by atoms with Gasteiger partial charge in [-0.05, 0) is 35.9 Å². The molecule has 0 aliphatic heterocycles. The highest BCUT2D eigenvalue weighted by Crippen LogP contribution is 2.36. The molecule has 3 aromatic rings. The van der Waals surface area contributed by atoms with Crippen molar-refractivity contribution in [2.45, 2.75) is 19.8 Å². The minimum absolute atomic E-state index is 0.00398. The molecule has 6 nitrogen and oxygen atoms in total. The Balaban J connectivity index is 2.10. The Morgan fingerprint density at radius 1 is 1.33 bits per heavy atom. The van der Waals surface area contributed by atoms with E-state index in [9.17, 15) is 4.79 Å². The monoisotopic (exact) mass is 489 g/mol. The van der Waals surface area contributed by atoms with Gasteiger partial charge < -0.3 is 9.47 Å². The lowest BCUT2D eigenvalue weighted by atomic mass is 10.2. The van der Waals surface area contributed by atoms with Crippen LogP contribution in [-0.4, -0.2) is 29.6 Å². The molecule has 0 aliphatic rings. The summed E-state index contributed by atoms with van der Waals surface area (Å²) in [5.41, 5.74) is 1.04. The quantitative estimate of drug-likeness (QED) is 0.329. The molecule has 0 amide bonds. The molecule has 0 N–H and O–H groups in total. The predicted octanol–water partition coefficient (Wildman–Crippen LogP) is 5.39. The fraction of sp³-hybridized carbons (Fsp3) is 0.227. The van der Waals surface area contributed by atoms with Gasteiger partial charge in [0.2, 0.25) is 0 Å². The molecule has 0 saturated heterocycles. The summed E-state index contributed by atoms with van der Waals surface area (Å²) < 4.78 is 13.1. The molecule has 0 unspecified atom stereocenters. The van der Waals surface area contributed by atoms with Crippen LogP contribution in [0.2, 0.25) is 5.02 Å². The van der Waals surface area contributed by atoms with Crippen LogP contribution in [0.15, 0.2) is 57.4 Å². The third-order valence-corrected chi connectivity index (χ3v) is 5.04. The largest absolute Gasteiger partial charge is 0.493 e. The summed E-state index contributed by atoms with van der Waals surface area (Å²) in [6.45, 7) is 7.85. The maximum atomic E-state index is 13.1. The first-order valence-corrected chi connectivity index (χ1v) is 10.4. The second-order valence-electron chi connectivity index (χ2n) is 6.78. The SMILES string of the molecule is C=CCOc1c(Cl)cc(C=Nn2c(C(C)C)nc3ccc(Br)cc3c2=O)cc1OC. The number of aromatic nitrogens is 2. The lowest BCUT2D eigenvalue weighted by molar-refractivity contribution is 0.326. The van der Waals surface area contributed by atoms with E-state index in [-0.39, 0.29) is 11.5 Å². The molecule has 8 heteroatoms. The van der Waals surface area contributed by atoms with Crippen molar-refractivity contribution in [3.05, 3.63) is 74.2 Å². The first-order chi connectivity index (χ1) is 14.3. The zero-order valence-electron chi connectivity index (χ0n) is 16.9. The average Bonchev–Trinajstić information content (AvgIpc) is 2.72. The molecule has 0 aliphatic carbocycles. The Labute approximate surface area is 187 Å². The fourth-order valence-corrected chi connectivity index (χ4v) is 3.51. The van der Waals surface area contributed by atoms with Gasteiger partial charge in [-0.15, -0.1) is 0 Å². The van der Waals surface area contributed by atoms with Crippen molar-refractivity contribution in [2.24, 2.45) is 5.10 Å². The van der Waals surface area contributed by atoms with Gasteiger partial charge in [-0.1, -0.05) is 54.0 Å². The topological polar surface area (TPSA) is 65.7 Å². The van der Waals surface area contributed by atoms with E-state index in [1.807, 2.05) is 26.0 Å². The standard InChI is InChI=1S/C22H21BrClN3O3/c1-5-8-30-20-17(24)9-14(10-19(20)29-4)12-25-27-21(13(2)3)26-18-7-6-15(23)11-16(18)22(27)28/h5-7,9-13H,1,8H2,2-4H3. The van der Waals surface area contributed by atoms with Crippen molar-refractivity contribution in [1.82, 2.24) is 9.66 Å². The Hall–Kier alpha value is -2.64. The van der Waals surface area contributed by atoms with Gasteiger partial charge in [0, 0.05) is 10.4 Å². The van der Waals surface area contributed by atoms with Crippen molar-refractivity contribution in [1.29, 1.82) is 0 Å². The van der Waals surface area contributed by atoms with E-state index >= 15 is 0 Å². The van der Waals surface area contributed by atoms with Crippen LogP contribution in [0.3, 0.4) is 0 Å². The van der Waals surface area contributed by atoms with Gasteiger partial charge in [0.1, 0.15) is 12.4 Å². The van der Waals surface area contributed by atoms with Crippen molar-refractivity contribution < 1.29 is 9.47 Å². The van der Waals surface area contributed by atoms with Crippen LogP contribution in [0.25, 0.3) is 10.9 Å². The highest BCUT2D eigenvalue weighted by atomic mass is 79.9. The summed E-state index contributed by atoms with van der Waals surface area (Å²) in [6, 6.07) is 8.84. The van der Waals surface area contributed by atoms with E-state index in [1.165, 1.54) is 11.8 Å². The van der Waals surface area contributed by atoms with E-state index in [2.05, 4.69) is 32.6 Å². The maximum absolute atomic E-state index is 13.1. The van der Waals surface area contributed by atoms with Crippen molar-refractivity contribution in [3.8, 4) is 11.5 Å². The lowest BCUT2D eigenvalue weighted by Crippen LogP contribution is -2.23. The summed E-state index contributed by atoms with van der Waals surface area (Å²) in [7, 11) is 1.53. The molecule has 0 saturated carbocycles. The van der Waals surface area contributed by atoms with E-state index in [0.717, 1.165) is 4.47 Å². The molecule has 0 atom stereocenters. The van der Waals surface area contributed by atoms with Crippen LogP contribution in [0.1, 0.15) is 31.2 Å². The Morgan fingerprint density at radius 3 is 2.77 bits per heavy atom. The van der Waals surface area contributed by atoms with Crippen LogP contribution in [-0.2, 0) is 0 Å². The first kappa shape index (κ1) is 22.1. The summed E-state index contributed by atoms with van der Waals surface area (Å²) >= 11 is 9.75. The number of methoxy groups -OCH3 is 1. The molecular weight excluding hydrogens is 470 g/mol. The molecule has 1 heterocycles. The van der Waals surface area contributed by atoms with Gasteiger partial charge in [0.15, 0.2) is 11.5 Å². The number of nitrogens with zero attached hydrogens (tertiary/aromatic N) is 3. The number of rotatable bonds is 7. The maximum Gasteiger partial charge on any atom is 0.282 e. The van der Waals surface area contributed by atoms with Crippen molar-refractivity contribution in [3.63, 3.8) is 0 Å². The van der Waals surface area contributed by atoms with Crippen LogP contribution in [0.5, 0.6) is 11.5 Å². The van der Waals surface area contributed by atoms with Gasteiger partial charge in [-0.3, -0.25) is 4.79 Å². The van der Waals surface area contributed by atoms with E-state index < -0.39 is 0 Å². The minimum atomic E-state index is -0.245. The summed E-state index contributed by atoms with van der Waals surface area (Å²) in [5, 5.41) is 5.27. The highest BCUT2D eigenvalue weighted by Gasteiger charge is 2.15. The third-order valence-electron chi connectivity index (χ3n) is 4.27. The lowest BCUT2D eigenvalue weighted by Gasteiger charge is -2.13. The molecule has 3 rings (SSSR count). The zero-order valence-corrected chi connectivity index (χ0v) is 19.2.